The summed E-state index contributed by atoms with van der Waals surface area (Å²) in [6.45, 7) is 8.22. The highest BCUT2D eigenvalue weighted by Crippen LogP contribution is 2.22. The second-order valence-electron chi connectivity index (χ2n) is 11.7. The van der Waals surface area contributed by atoms with Crippen molar-refractivity contribution in [2.75, 3.05) is 25.1 Å². The first-order valence-electron chi connectivity index (χ1n) is 16.0. The van der Waals surface area contributed by atoms with E-state index in [-0.39, 0.29) is 5.91 Å². The summed E-state index contributed by atoms with van der Waals surface area (Å²) in [5.74, 6) is 1.03. The van der Waals surface area contributed by atoms with Gasteiger partial charge in [-0.25, -0.2) is 4.98 Å². The Morgan fingerprint density at radius 2 is 1.73 bits per heavy atom. The Bertz CT molecular complexity index is 1180. The summed E-state index contributed by atoms with van der Waals surface area (Å²) in [5.41, 5.74) is 4.77. The number of hydrogen-bond donors (Lipinski definition) is 3. The lowest BCUT2D eigenvalue weighted by atomic mass is 10.1. The molecule has 0 radical (unpaired) electrons. The number of amides is 1. The summed E-state index contributed by atoms with van der Waals surface area (Å²) >= 11 is 0. The number of nitrogens with zero attached hydrogens (tertiary/aromatic N) is 2. The fourth-order valence-electron chi connectivity index (χ4n) is 5.64. The third kappa shape index (κ3) is 10.5. The first-order valence-corrected chi connectivity index (χ1v) is 16.0. The number of carbonyl (C=O) groups is 1. The fraction of sp³-hybridized carbons (Fsp3) is 0.588. The molecule has 3 N–H and O–H groups in total. The number of imidazole rings is 1. The van der Waals surface area contributed by atoms with E-state index in [2.05, 4.69) is 40.4 Å². The van der Waals surface area contributed by atoms with Crippen LogP contribution in [0.25, 0.3) is 11.0 Å². The van der Waals surface area contributed by atoms with Gasteiger partial charge in [0.1, 0.15) is 12.6 Å². The molecule has 1 aliphatic heterocycles. The summed E-state index contributed by atoms with van der Waals surface area (Å²) < 4.78 is 5.84. The highest BCUT2D eigenvalue weighted by Gasteiger charge is 2.21. The number of hydrogen-bond acceptors (Lipinski definition) is 5. The van der Waals surface area contributed by atoms with Crippen LogP contribution in [-0.2, 0) is 17.9 Å². The lowest BCUT2D eigenvalue weighted by Gasteiger charge is -2.19. The molecule has 0 unspecified atom stereocenters. The fourth-order valence-corrected chi connectivity index (χ4v) is 5.64. The summed E-state index contributed by atoms with van der Waals surface area (Å²) in [6.07, 6.45) is 15.5. The van der Waals surface area contributed by atoms with Gasteiger partial charge in [-0.1, -0.05) is 76.8 Å². The molecule has 4 rings (SSSR count). The maximum Gasteiger partial charge on any atom is 0.251 e. The first-order chi connectivity index (χ1) is 20.1. The van der Waals surface area contributed by atoms with Crippen molar-refractivity contribution < 1.29 is 9.53 Å². The summed E-state index contributed by atoms with van der Waals surface area (Å²) in [7, 11) is 0. The number of rotatable bonds is 19. The number of H-pyrrole nitrogens is 1. The van der Waals surface area contributed by atoms with Crippen LogP contribution in [0.15, 0.2) is 42.5 Å². The molecule has 0 spiro atoms. The maximum absolute atomic E-state index is 12.5. The second-order valence-corrected chi connectivity index (χ2v) is 11.7. The van der Waals surface area contributed by atoms with Crippen molar-refractivity contribution in [2.24, 2.45) is 0 Å². The van der Waals surface area contributed by atoms with Crippen molar-refractivity contribution in [3.05, 3.63) is 59.4 Å². The van der Waals surface area contributed by atoms with Crippen LogP contribution < -0.4 is 10.6 Å². The zero-order chi connectivity index (χ0) is 28.7. The maximum atomic E-state index is 12.5. The molecule has 2 aromatic carbocycles. The minimum absolute atomic E-state index is 0.00218. The van der Waals surface area contributed by atoms with Crippen LogP contribution in [0.2, 0.25) is 0 Å². The lowest BCUT2D eigenvalue weighted by Crippen LogP contribution is -2.26. The molecule has 1 fully saturated rings. The van der Waals surface area contributed by atoms with Gasteiger partial charge in [0.05, 0.1) is 24.2 Å². The molecule has 0 saturated carbocycles. The normalized spacial score (nSPS) is 15.5. The van der Waals surface area contributed by atoms with Crippen LogP contribution in [0, 0.1) is 0 Å². The third-order valence-corrected chi connectivity index (χ3v) is 8.25. The predicted molar refractivity (Wildman–Crippen MR) is 169 cm³/mol. The summed E-state index contributed by atoms with van der Waals surface area (Å²) in [5, 5.41) is 6.39. The van der Waals surface area contributed by atoms with E-state index >= 15 is 0 Å². The van der Waals surface area contributed by atoms with Crippen LogP contribution >= 0.6 is 0 Å². The largest absolute Gasteiger partial charge is 0.363 e. The monoisotopic (exact) mass is 561 g/mol. The van der Waals surface area contributed by atoms with Crippen molar-refractivity contribution in [2.45, 2.75) is 110 Å². The van der Waals surface area contributed by atoms with Gasteiger partial charge in [-0.05, 0) is 68.6 Å². The molecular formula is C34H51N5O2. The van der Waals surface area contributed by atoms with Gasteiger partial charge < -0.3 is 20.4 Å². The molecule has 1 atom stereocenters. The number of anilines is 1. The van der Waals surface area contributed by atoms with Crippen LogP contribution in [0.3, 0.4) is 0 Å². The van der Waals surface area contributed by atoms with E-state index in [1.807, 2.05) is 36.4 Å². The summed E-state index contributed by atoms with van der Waals surface area (Å²) in [4.78, 5) is 23.2. The van der Waals surface area contributed by atoms with Crippen molar-refractivity contribution in [3.8, 4) is 0 Å². The number of ether oxygens (including phenoxy) is 1. The molecule has 41 heavy (non-hydrogen) atoms. The molecule has 3 aromatic rings. The SMILES string of the molecule is CCCCCCCCCCCCNC(=O)c1ccc(COCNc2ccc3nc(CN4CCC[C@@H]4C)[nH]c3c2)cc1. The van der Waals surface area contributed by atoms with E-state index in [4.69, 9.17) is 9.72 Å². The zero-order valence-electron chi connectivity index (χ0n) is 25.4. The van der Waals surface area contributed by atoms with Gasteiger partial charge in [-0.15, -0.1) is 0 Å². The van der Waals surface area contributed by atoms with E-state index in [1.165, 1.54) is 70.6 Å². The van der Waals surface area contributed by atoms with Crippen LogP contribution in [0.1, 0.15) is 113 Å². The van der Waals surface area contributed by atoms with E-state index < -0.39 is 0 Å². The van der Waals surface area contributed by atoms with E-state index in [9.17, 15) is 4.79 Å². The predicted octanol–water partition coefficient (Wildman–Crippen LogP) is 7.78. The number of unbranched alkanes of at least 4 members (excludes halogenated alkanes) is 9. The van der Waals surface area contributed by atoms with Crippen molar-refractivity contribution in [3.63, 3.8) is 0 Å². The smallest absolute Gasteiger partial charge is 0.251 e. The minimum Gasteiger partial charge on any atom is -0.363 e. The van der Waals surface area contributed by atoms with Crippen molar-refractivity contribution >= 4 is 22.6 Å². The van der Waals surface area contributed by atoms with Gasteiger partial charge >= 0.3 is 0 Å². The molecule has 1 amide bonds. The van der Waals surface area contributed by atoms with Gasteiger partial charge in [-0.3, -0.25) is 9.69 Å². The number of likely N-dealkylation sites (tertiary alicyclic amines) is 1. The Labute approximate surface area is 246 Å². The lowest BCUT2D eigenvalue weighted by molar-refractivity contribution is 0.0952. The van der Waals surface area contributed by atoms with E-state index in [0.29, 0.717) is 24.9 Å². The Kier molecular flexibility index (Phi) is 13.0. The van der Waals surface area contributed by atoms with Crippen LogP contribution in [0.4, 0.5) is 5.69 Å². The highest BCUT2D eigenvalue weighted by atomic mass is 16.5. The number of fused-ring (bicyclic) bond motifs is 1. The van der Waals surface area contributed by atoms with Gasteiger partial charge in [0.2, 0.25) is 0 Å². The van der Waals surface area contributed by atoms with Crippen molar-refractivity contribution in [1.29, 1.82) is 0 Å². The topological polar surface area (TPSA) is 82.3 Å². The van der Waals surface area contributed by atoms with Crippen LogP contribution in [0.5, 0.6) is 0 Å². The van der Waals surface area contributed by atoms with Gasteiger partial charge in [0, 0.05) is 23.8 Å². The van der Waals surface area contributed by atoms with Crippen LogP contribution in [-0.4, -0.2) is 46.6 Å². The van der Waals surface area contributed by atoms with E-state index in [0.717, 1.165) is 54.2 Å². The first kappa shape index (κ1) is 31.0. The molecule has 224 valence electrons. The number of nitrogens with one attached hydrogen (secondary N) is 3. The zero-order valence-corrected chi connectivity index (χ0v) is 25.4. The molecule has 1 saturated heterocycles. The molecule has 0 bridgehead atoms. The molecule has 1 aromatic heterocycles. The molecule has 1 aliphatic rings. The van der Waals surface area contributed by atoms with Gasteiger partial charge in [-0.2, -0.15) is 0 Å². The van der Waals surface area contributed by atoms with E-state index in [1.54, 1.807) is 0 Å². The highest BCUT2D eigenvalue weighted by molar-refractivity contribution is 5.94. The average molecular weight is 562 g/mol. The second kappa shape index (κ2) is 17.1. The standard InChI is InChI=1S/C34H51N5O2/c1-3-4-5-6-7-8-9-10-11-12-21-35-34(40)29-17-15-28(16-18-29)25-41-26-36-30-19-20-31-32(23-30)38-33(37-31)24-39-22-13-14-27(39)2/h15-20,23,27,36H,3-14,21-22,24-26H2,1-2H3,(H,35,40)(H,37,38)/t27-/m0/s1. The molecular weight excluding hydrogens is 510 g/mol. The van der Waals surface area contributed by atoms with Crippen molar-refractivity contribution in [1.82, 2.24) is 20.2 Å². The Morgan fingerprint density at radius 1 is 1.00 bits per heavy atom. The minimum atomic E-state index is 0.00218. The average Bonchev–Trinajstić information content (AvgIpc) is 3.58. The molecule has 7 nitrogen and oxygen atoms in total. The number of aromatic amines is 1. The Hall–Kier alpha value is -2.90. The number of benzene rings is 2. The quantitative estimate of drug-likeness (QED) is 0.103. The number of aromatic nitrogens is 2. The Morgan fingerprint density at radius 3 is 2.44 bits per heavy atom. The molecule has 7 heteroatoms. The van der Waals surface area contributed by atoms with Gasteiger partial charge in [0.25, 0.3) is 5.91 Å². The molecule has 0 aliphatic carbocycles. The summed E-state index contributed by atoms with van der Waals surface area (Å²) in [6, 6.07) is 14.5. The third-order valence-electron chi connectivity index (χ3n) is 8.25. The van der Waals surface area contributed by atoms with Gasteiger partial charge in [0.15, 0.2) is 0 Å². The number of carbonyl (C=O) groups excluding carboxylic acids is 1. The molecule has 2 heterocycles. The Balaban J connectivity index is 1.08.